The first-order chi connectivity index (χ1) is 10.1. The zero-order valence-corrected chi connectivity index (χ0v) is 13.1. The van der Waals surface area contributed by atoms with Crippen molar-refractivity contribution in [3.8, 4) is 0 Å². The van der Waals surface area contributed by atoms with Gasteiger partial charge in [-0.2, -0.15) is 10.2 Å². The molecule has 2 aromatic rings. The molecule has 108 valence electrons. The second kappa shape index (κ2) is 5.81. The number of hydrogen-bond acceptors (Lipinski definition) is 3. The van der Waals surface area contributed by atoms with Gasteiger partial charge in [-0.1, -0.05) is 28.1 Å². The van der Waals surface area contributed by atoms with Gasteiger partial charge in [-0.25, -0.2) is 5.43 Å². The van der Waals surface area contributed by atoms with Crippen molar-refractivity contribution in [3.05, 3.63) is 51.8 Å². The molecule has 0 spiro atoms. The zero-order chi connectivity index (χ0) is 14.8. The summed E-state index contributed by atoms with van der Waals surface area (Å²) < 4.78 is 1.01. The van der Waals surface area contributed by atoms with Crippen LogP contribution in [0.1, 0.15) is 47.4 Å². The predicted octanol–water partition coefficient (Wildman–Crippen LogP) is 3.20. The Bertz CT molecular complexity index is 686. The normalized spacial score (nSPS) is 15.0. The molecule has 1 fully saturated rings. The van der Waals surface area contributed by atoms with Crippen molar-refractivity contribution in [2.24, 2.45) is 5.10 Å². The van der Waals surface area contributed by atoms with Gasteiger partial charge in [-0.05, 0) is 43.5 Å². The van der Waals surface area contributed by atoms with Gasteiger partial charge in [0.1, 0.15) is 0 Å². The van der Waals surface area contributed by atoms with E-state index in [0.29, 0.717) is 11.6 Å². The summed E-state index contributed by atoms with van der Waals surface area (Å²) in [6.07, 6.45) is 2.34. The average molecular weight is 347 g/mol. The van der Waals surface area contributed by atoms with Gasteiger partial charge in [0.25, 0.3) is 5.91 Å². The molecule has 0 aliphatic heterocycles. The van der Waals surface area contributed by atoms with Crippen molar-refractivity contribution < 1.29 is 4.79 Å². The van der Waals surface area contributed by atoms with Crippen LogP contribution in [-0.4, -0.2) is 21.8 Å². The molecule has 1 aromatic carbocycles. The fourth-order valence-electron chi connectivity index (χ4n) is 2.00. The van der Waals surface area contributed by atoms with Crippen molar-refractivity contribution in [3.63, 3.8) is 0 Å². The Morgan fingerprint density at radius 3 is 2.76 bits per heavy atom. The lowest BCUT2D eigenvalue weighted by Gasteiger charge is -2.01. The summed E-state index contributed by atoms with van der Waals surface area (Å²) in [6, 6.07) is 9.55. The Kier molecular flexibility index (Phi) is 3.88. The van der Waals surface area contributed by atoms with E-state index in [1.54, 1.807) is 6.07 Å². The van der Waals surface area contributed by atoms with E-state index in [1.165, 1.54) is 12.8 Å². The number of benzene rings is 1. The van der Waals surface area contributed by atoms with Crippen molar-refractivity contribution >= 4 is 27.5 Å². The van der Waals surface area contributed by atoms with Crippen molar-refractivity contribution in [2.75, 3.05) is 0 Å². The zero-order valence-electron chi connectivity index (χ0n) is 11.6. The van der Waals surface area contributed by atoms with Gasteiger partial charge in [0, 0.05) is 16.1 Å². The van der Waals surface area contributed by atoms with Crippen LogP contribution in [0.5, 0.6) is 0 Å². The summed E-state index contributed by atoms with van der Waals surface area (Å²) in [7, 11) is 0. The smallest absolute Gasteiger partial charge is 0.281 e. The third kappa shape index (κ3) is 3.39. The molecule has 0 saturated heterocycles. The maximum absolute atomic E-state index is 12.0. The number of H-pyrrole nitrogens is 1. The SMILES string of the molecule is CC(=NNC(=O)c1cc(C2CC2)[nH]n1)c1ccc(Br)cc1. The fourth-order valence-corrected chi connectivity index (χ4v) is 2.27. The molecule has 0 unspecified atom stereocenters. The Morgan fingerprint density at radius 2 is 2.10 bits per heavy atom. The lowest BCUT2D eigenvalue weighted by molar-refractivity contribution is 0.0950. The van der Waals surface area contributed by atoms with Gasteiger partial charge < -0.3 is 0 Å². The van der Waals surface area contributed by atoms with E-state index in [1.807, 2.05) is 31.2 Å². The molecular formula is C15H15BrN4O. The molecule has 21 heavy (non-hydrogen) atoms. The van der Waals surface area contributed by atoms with Crippen LogP contribution in [0.25, 0.3) is 0 Å². The van der Waals surface area contributed by atoms with Crippen LogP contribution in [0.3, 0.4) is 0 Å². The topological polar surface area (TPSA) is 70.1 Å². The van der Waals surface area contributed by atoms with Gasteiger partial charge in [0.05, 0.1) is 5.71 Å². The van der Waals surface area contributed by atoms with Crippen LogP contribution in [0.4, 0.5) is 0 Å². The van der Waals surface area contributed by atoms with Gasteiger partial charge >= 0.3 is 0 Å². The third-order valence-electron chi connectivity index (χ3n) is 3.43. The summed E-state index contributed by atoms with van der Waals surface area (Å²) in [5.41, 5.74) is 5.66. The molecule has 1 amide bonds. The highest BCUT2D eigenvalue weighted by molar-refractivity contribution is 9.10. The minimum absolute atomic E-state index is 0.297. The maximum atomic E-state index is 12.0. The summed E-state index contributed by atoms with van der Waals surface area (Å²) >= 11 is 3.39. The molecule has 5 nitrogen and oxygen atoms in total. The van der Waals surface area contributed by atoms with E-state index in [2.05, 4.69) is 36.7 Å². The van der Waals surface area contributed by atoms with E-state index in [9.17, 15) is 4.79 Å². The Morgan fingerprint density at radius 1 is 1.38 bits per heavy atom. The van der Waals surface area contributed by atoms with E-state index < -0.39 is 0 Å². The summed E-state index contributed by atoms with van der Waals surface area (Å²) in [6.45, 7) is 1.85. The third-order valence-corrected chi connectivity index (χ3v) is 3.96. The fraction of sp³-hybridized carbons (Fsp3) is 0.267. The molecule has 0 radical (unpaired) electrons. The van der Waals surface area contributed by atoms with Gasteiger partial charge in [0.2, 0.25) is 0 Å². The number of carbonyl (C=O) groups excluding carboxylic acids is 1. The number of nitrogens with zero attached hydrogens (tertiary/aromatic N) is 2. The summed E-state index contributed by atoms with van der Waals surface area (Å²) in [5.74, 6) is 0.252. The summed E-state index contributed by atoms with van der Waals surface area (Å²) in [4.78, 5) is 12.0. The quantitative estimate of drug-likeness (QED) is 0.659. The molecule has 0 bridgehead atoms. The second-order valence-electron chi connectivity index (χ2n) is 5.13. The van der Waals surface area contributed by atoms with Crippen LogP contribution >= 0.6 is 15.9 Å². The molecule has 1 aromatic heterocycles. The molecule has 1 saturated carbocycles. The second-order valence-corrected chi connectivity index (χ2v) is 6.04. The monoisotopic (exact) mass is 346 g/mol. The number of aromatic nitrogens is 2. The molecule has 0 atom stereocenters. The van der Waals surface area contributed by atoms with Crippen LogP contribution in [-0.2, 0) is 0 Å². The van der Waals surface area contributed by atoms with E-state index in [0.717, 1.165) is 21.4 Å². The first-order valence-corrected chi connectivity index (χ1v) is 7.58. The summed E-state index contributed by atoms with van der Waals surface area (Å²) in [5, 5.41) is 11.1. The molecule has 1 aliphatic carbocycles. The standard InChI is InChI=1S/C15H15BrN4O/c1-9(10-4-6-12(16)7-5-10)17-20-15(21)14-8-13(18-19-14)11-2-3-11/h4-8,11H,2-3H2,1H3,(H,18,19)(H,20,21). The number of amides is 1. The van der Waals surface area contributed by atoms with Gasteiger partial charge in [-0.3, -0.25) is 9.89 Å². The van der Waals surface area contributed by atoms with E-state index in [4.69, 9.17) is 0 Å². The lowest BCUT2D eigenvalue weighted by atomic mass is 10.1. The van der Waals surface area contributed by atoms with E-state index >= 15 is 0 Å². The van der Waals surface area contributed by atoms with Crippen LogP contribution < -0.4 is 5.43 Å². The van der Waals surface area contributed by atoms with Gasteiger partial charge in [0.15, 0.2) is 5.69 Å². The molecule has 3 rings (SSSR count). The number of halogens is 1. The van der Waals surface area contributed by atoms with Crippen LogP contribution in [0.15, 0.2) is 39.9 Å². The molecule has 2 N–H and O–H groups in total. The van der Waals surface area contributed by atoms with E-state index in [-0.39, 0.29) is 5.91 Å². The first-order valence-electron chi connectivity index (χ1n) is 6.79. The highest BCUT2D eigenvalue weighted by Crippen LogP contribution is 2.38. The Labute approximate surface area is 131 Å². The highest BCUT2D eigenvalue weighted by Gasteiger charge is 2.26. The lowest BCUT2D eigenvalue weighted by Crippen LogP contribution is -2.19. The average Bonchev–Trinajstić information content (AvgIpc) is 3.22. The molecule has 1 aliphatic rings. The van der Waals surface area contributed by atoms with Crippen molar-refractivity contribution in [1.82, 2.24) is 15.6 Å². The largest absolute Gasteiger partial charge is 0.291 e. The van der Waals surface area contributed by atoms with Crippen LogP contribution in [0.2, 0.25) is 0 Å². The number of carbonyl (C=O) groups is 1. The maximum Gasteiger partial charge on any atom is 0.291 e. The molecular weight excluding hydrogens is 332 g/mol. The first kappa shape index (κ1) is 14.0. The number of aromatic amines is 1. The highest BCUT2D eigenvalue weighted by atomic mass is 79.9. The van der Waals surface area contributed by atoms with Crippen molar-refractivity contribution in [2.45, 2.75) is 25.7 Å². The minimum Gasteiger partial charge on any atom is -0.281 e. The number of nitrogens with one attached hydrogen (secondary N) is 2. The molecule has 6 heteroatoms. The van der Waals surface area contributed by atoms with Crippen LogP contribution in [0, 0.1) is 0 Å². The predicted molar refractivity (Wildman–Crippen MR) is 84.4 cm³/mol. The molecule has 1 heterocycles. The number of hydrazone groups is 1. The minimum atomic E-state index is -0.297. The van der Waals surface area contributed by atoms with Gasteiger partial charge in [-0.15, -0.1) is 0 Å². The van der Waals surface area contributed by atoms with Crippen molar-refractivity contribution in [1.29, 1.82) is 0 Å². The Hall–Kier alpha value is -1.95. The Balaban J connectivity index is 1.65. The number of rotatable bonds is 4. The number of hydrogen-bond donors (Lipinski definition) is 2.